The SMILES string of the molecule is O=C(CCCC[C@@H]1CCSS1)NCCc1ccco1. The zero-order chi connectivity index (χ0) is 13.3. The van der Waals surface area contributed by atoms with Gasteiger partial charge in [0.05, 0.1) is 6.26 Å². The zero-order valence-electron chi connectivity index (χ0n) is 11.1. The van der Waals surface area contributed by atoms with Gasteiger partial charge in [-0.05, 0) is 31.4 Å². The molecule has 0 aliphatic carbocycles. The average molecular weight is 299 g/mol. The van der Waals surface area contributed by atoms with Gasteiger partial charge >= 0.3 is 0 Å². The first-order valence-electron chi connectivity index (χ1n) is 6.92. The second kappa shape index (κ2) is 8.59. The molecule has 19 heavy (non-hydrogen) atoms. The van der Waals surface area contributed by atoms with E-state index in [1.165, 1.54) is 25.0 Å². The molecule has 1 aliphatic rings. The molecule has 0 aromatic carbocycles. The standard InChI is InChI=1S/C14H21NO2S2/c16-14(15-9-7-12-4-3-10-17-12)6-2-1-5-13-8-11-18-19-13/h3-4,10,13H,1-2,5-9,11H2,(H,15,16)/t13-/m1/s1. The van der Waals surface area contributed by atoms with Gasteiger partial charge < -0.3 is 9.73 Å². The van der Waals surface area contributed by atoms with E-state index in [1.54, 1.807) is 6.26 Å². The minimum atomic E-state index is 0.167. The van der Waals surface area contributed by atoms with E-state index in [4.69, 9.17) is 4.42 Å². The molecule has 1 fully saturated rings. The minimum Gasteiger partial charge on any atom is -0.469 e. The van der Waals surface area contributed by atoms with Crippen molar-refractivity contribution in [2.45, 2.75) is 43.8 Å². The monoisotopic (exact) mass is 299 g/mol. The summed E-state index contributed by atoms with van der Waals surface area (Å²) in [7, 11) is 4.00. The van der Waals surface area contributed by atoms with E-state index in [-0.39, 0.29) is 5.91 Å². The van der Waals surface area contributed by atoms with Crippen molar-refractivity contribution in [1.82, 2.24) is 5.32 Å². The van der Waals surface area contributed by atoms with Crippen molar-refractivity contribution >= 4 is 27.5 Å². The number of carbonyl (C=O) groups is 1. The molecule has 5 heteroatoms. The van der Waals surface area contributed by atoms with Crippen LogP contribution in [0.5, 0.6) is 0 Å². The molecule has 1 saturated heterocycles. The van der Waals surface area contributed by atoms with Crippen LogP contribution in [0.4, 0.5) is 0 Å². The van der Waals surface area contributed by atoms with Crippen molar-refractivity contribution in [2.75, 3.05) is 12.3 Å². The number of hydrogen-bond donors (Lipinski definition) is 1. The number of nitrogens with one attached hydrogen (secondary N) is 1. The Morgan fingerprint density at radius 1 is 1.47 bits per heavy atom. The van der Waals surface area contributed by atoms with Gasteiger partial charge in [-0.2, -0.15) is 0 Å². The first kappa shape index (κ1) is 14.9. The number of rotatable bonds is 8. The average Bonchev–Trinajstić information content (AvgIpc) is 3.07. The van der Waals surface area contributed by atoms with E-state index in [0.717, 1.165) is 23.9 Å². The van der Waals surface area contributed by atoms with Crippen LogP contribution in [0.15, 0.2) is 22.8 Å². The summed E-state index contributed by atoms with van der Waals surface area (Å²) in [6.07, 6.45) is 7.87. The van der Waals surface area contributed by atoms with Crippen molar-refractivity contribution in [2.24, 2.45) is 0 Å². The van der Waals surface area contributed by atoms with Gasteiger partial charge in [0.1, 0.15) is 5.76 Å². The minimum absolute atomic E-state index is 0.167. The topological polar surface area (TPSA) is 42.2 Å². The molecular weight excluding hydrogens is 278 g/mol. The summed E-state index contributed by atoms with van der Waals surface area (Å²) in [5.41, 5.74) is 0. The Balaban J connectivity index is 1.45. The normalized spacial score (nSPS) is 18.6. The highest BCUT2D eigenvalue weighted by atomic mass is 33.1. The predicted molar refractivity (Wildman–Crippen MR) is 82.3 cm³/mol. The summed E-state index contributed by atoms with van der Waals surface area (Å²) in [4.78, 5) is 11.6. The fourth-order valence-electron chi connectivity index (χ4n) is 2.09. The summed E-state index contributed by atoms with van der Waals surface area (Å²) < 4.78 is 5.22. The Hall–Kier alpha value is -0.550. The Bertz CT molecular complexity index is 362. The van der Waals surface area contributed by atoms with Crippen LogP contribution in [-0.4, -0.2) is 23.5 Å². The highest BCUT2D eigenvalue weighted by molar-refractivity contribution is 8.77. The third-order valence-corrected chi connectivity index (χ3v) is 6.19. The van der Waals surface area contributed by atoms with Gasteiger partial charge in [-0.15, -0.1) is 0 Å². The van der Waals surface area contributed by atoms with Gasteiger partial charge in [-0.25, -0.2) is 0 Å². The molecule has 0 unspecified atom stereocenters. The van der Waals surface area contributed by atoms with Gasteiger partial charge in [0.15, 0.2) is 0 Å². The highest BCUT2D eigenvalue weighted by Gasteiger charge is 2.15. The molecule has 0 spiro atoms. The Kier molecular flexibility index (Phi) is 6.71. The Labute approximate surface area is 122 Å². The van der Waals surface area contributed by atoms with E-state index in [9.17, 15) is 4.79 Å². The number of unbranched alkanes of at least 4 members (excludes halogenated alkanes) is 1. The lowest BCUT2D eigenvalue weighted by Crippen LogP contribution is -2.25. The quantitative estimate of drug-likeness (QED) is 0.587. The molecule has 1 atom stereocenters. The van der Waals surface area contributed by atoms with Crippen LogP contribution >= 0.6 is 21.6 Å². The second-order valence-electron chi connectivity index (χ2n) is 4.75. The summed E-state index contributed by atoms with van der Waals surface area (Å²) >= 11 is 0. The maximum Gasteiger partial charge on any atom is 0.220 e. The van der Waals surface area contributed by atoms with Crippen LogP contribution < -0.4 is 5.32 Å². The molecule has 1 aromatic rings. The Morgan fingerprint density at radius 2 is 2.42 bits per heavy atom. The van der Waals surface area contributed by atoms with Crippen molar-refractivity contribution in [3.8, 4) is 0 Å². The zero-order valence-corrected chi connectivity index (χ0v) is 12.7. The van der Waals surface area contributed by atoms with Gasteiger partial charge in [-0.3, -0.25) is 4.79 Å². The molecule has 106 valence electrons. The van der Waals surface area contributed by atoms with E-state index < -0.39 is 0 Å². The summed E-state index contributed by atoms with van der Waals surface area (Å²) in [5.74, 6) is 2.39. The first-order valence-corrected chi connectivity index (χ1v) is 9.30. The van der Waals surface area contributed by atoms with E-state index in [1.807, 2.05) is 33.7 Å². The lowest BCUT2D eigenvalue weighted by molar-refractivity contribution is -0.121. The number of furan rings is 1. The van der Waals surface area contributed by atoms with Crippen LogP contribution in [0.3, 0.4) is 0 Å². The third-order valence-electron chi connectivity index (χ3n) is 3.18. The van der Waals surface area contributed by atoms with Crippen LogP contribution in [0.25, 0.3) is 0 Å². The predicted octanol–water partition coefficient (Wildman–Crippen LogP) is 3.65. The molecule has 1 aliphatic heterocycles. The summed E-state index contributed by atoms with van der Waals surface area (Å²) in [5, 5.41) is 3.77. The fourth-order valence-corrected chi connectivity index (χ4v) is 5.12. The molecule has 0 radical (unpaired) electrons. The number of hydrogen-bond acceptors (Lipinski definition) is 4. The maximum absolute atomic E-state index is 11.6. The summed E-state index contributed by atoms with van der Waals surface area (Å²) in [6.45, 7) is 0.668. The van der Waals surface area contributed by atoms with E-state index in [0.29, 0.717) is 13.0 Å². The number of carbonyl (C=O) groups excluding carboxylic acids is 1. The highest BCUT2D eigenvalue weighted by Crippen LogP contribution is 2.39. The van der Waals surface area contributed by atoms with Gasteiger partial charge in [0.2, 0.25) is 5.91 Å². The van der Waals surface area contributed by atoms with Crippen molar-refractivity contribution in [1.29, 1.82) is 0 Å². The van der Waals surface area contributed by atoms with Crippen molar-refractivity contribution in [3.63, 3.8) is 0 Å². The van der Waals surface area contributed by atoms with E-state index >= 15 is 0 Å². The molecule has 0 bridgehead atoms. The van der Waals surface area contributed by atoms with Gasteiger partial charge in [0.25, 0.3) is 0 Å². The molecule has 2 heterocycles. The summed E-state index contributed by atoms with van der Waals surface area (Å²) in [6, 6.07) is 3.81. The van der Waals surface area contributed by atoms with Crippen LogP contribution in [0, 0.1) is 0 Å². The van der Waals surface area contributed by atoms with Gasteiger partial charge in [-0.1, -0.05) is 28.0 Å². The lowest BCUT2D eigenvalue weighted by atomic mass is 10.1. The molecular formula is C14H21NO2S2. The molecule has 3 nitrogen and oxygen atoms in total. The maximum atomic E-state index is 11.6. The fraction of sp³-hybridized carbons (Fsp3) is 0.643. The Morgan fingerprint density at radius 3 is 3.16 bits per heavy atom. The van der Waals surface area contributed by atoms with Gasteiger partial charge in [0, 0.05) is 30.4 Å². The third kappa shape index (κ3) is 5.95. The van der Waals surface area contributed by atoms with Crippen LogP contribution in [0.1, 0.15) is 37.9 Å². The largest absolute Gasteiger partial charge is 0.469 e. The number of amides is 1. The molecule has 1 amide bonds. The van der Waals surface area contributed by atoms with Crippen molar-refractivity contribution in [3.05, 3.63) is 24.2 Å². The lowest BCUT2D eigenvalue weighted by Gasteiger charge is -2.07. The smallest absolute Gasteiger partial charge is 0.220 e. The van der Waals surface area contributed by atoms with Crippen LogP contribution in [0.2, 0.25) is 0 Å². The molecule has 1 aromatic heterocycles. The second-order valence-corrected chi connectivity index (χ2v) is 7.54. The first-order chi connectivity index (χ1) is 9.34. The molecule has 2 rings (SSSR count). The molecule has 1 N–H and O–H groups in total. The molecule has 0 saturated carbocycles. The van der Waals surface area contributed by atoms with E-state index in [2.05, 4.69) is 5.32 Å². The van der Waals surface area contributed by atoms with Crippen LogP contribution in [-0.2, 0) is 11.2 Å². The van der Waals surface area contributed by atoms with Crippen molar-refractivity contribution < 1.29 is 9.21 Å².